The van der Waals surface area contributed by atoms with Gasteiger partial charge in [0.05, 0.1) is 12.9 Å². The van der Waals surface area contributed by atoms with E-state index in [1.165, 1.54) is 6.07 Å². The second-order valence-corrected chi connectivity index (χ2v) is 4.50. The Hall–Kier alpha value is -2.01. The van der Waals surface area contributed by atoms with Crippen LogP contribution >= 0.6 is 12.2 Å². The molecule has 0 amide bonds. The number of benzene rings is 1. The Morgan fingerprint density at radius 1 is 1.44 bits per heavy atom. The number of hydrogen-bond acceptors (Lipinski definition) is 3. The molecule has 0 saturated carbocycles. The fourth-order valence-corrected chi connectivity index (χ4v) is 1.78. The Morgan fingerprint density at radius 2 is 2.22 bits per heavy atom. The van der Waals surface area contributed by atoms with Crippen LogP contribution in [0.5, 0.6) is 0 Å². The summed E-state index contributed by atoms with van der Waals surface area (Å²) in [6.07, 6.45) is 1.55. The standard InChI is InChI=1S/C13H13N3OS/c1-9-5-12(17)16(8-15-9)7-10-3-2-4-11(6-10)13(14)18/h2-6,8H,7H2,1H3,(H2,14,18). The third-order valence-electron chi connectivity index (χ3n) is 2.58. The number of nitrogens with zero attached hydrogens (tertiary/aromatic N) is 2. The molecular weight excluding hydrogens is 246 g/mol. The van der Waals surface area contributed by atoms with E-state index >= 15 is 0 Å². The maximum Gasteiger partial charge on any atom is 0.253 e. The van der Waals surface area contributed by atoms with E-state index < -0.39 is 0 Å². The zero-order valence-electron chi connectivity index (χ0n) is 9.96. The smallest absolute Gasteiger partial charge is 0.253 e. The molecule has 1 aromatic heterocycles. The fraction of sp³-hybridized carbons (Fsp3) is 0.154. The van der Waals surface area contributed by atoms with Crippen molar-refractivity contribution in [1.29, 1.82) is 0 Å². The van der Waals surface area contributed by atoms with Crippen LogP contribution in [-0.4, -0.2) is 14.5 Å². The van der Waals surface area contributed by atoms with Gasteiger partial charge in [0.1, 0.15) is 4.99 Å². The Morgan fingerprint density at radius 3 is 2.89 bits per heavy atom. The predicted molar refractivity (Wildman–Crippen MR) is 74.7 cm³/mol. The van der Waals surface area contributed by atoms with Gasteiger partial charge in [-0.25, -0.2) is 4.98 Å². The van der Waals surface area contributed by atoms with Gasteiger partial charge in [-0.15, -0.1) is 0 Å². The first-order valence-electron chi connectivity index (χ1n) is 5.48. The first-order valence-corrected chi connectivity index (χ1v) is 5.89. The molecule has 2 N–H and O–H groups in total. The number of aromatic nitrogens is 2. The van der Waals surface area contributed by atoms with Gasteiger partial charge in [-0.1, -0.05) is 30.4 Å². The van der Waals surface area contributed by atoms with Gasteiger partial charge in [-0.2, -0.15) is 0 Å². The molecule has 0 unspecified atom stereocenters. The summed E-state index contributed by atoms with van der Waals surface area (Å²) in [5.41, 5.74) is 7.99. The highest BCUT2D eigenvalue weighted by Gasteiger charge is 2.01. The maximum atomic E-state index is 11.7. The Balaban J connectivity index is 2.31. The van der Waals surface area contributed by atoms with Gasteiger partial charge >= 0.3 is 0 Å². The summed E-state index contributed by atoms with van der Waals surface area (Å²) >= 11 is 4.93. The summed E-state index contributed by atoms with van der Waals surface area (Å²) in [7, 11) is 0. The average Bonchev–Trinajstić information content (AvgIpc) is 2.33. The van der Waals surface area contributed by atoms with Gasteiger partial charge in [-0.05, 0) is 18.6 Å². The molecule has 18 heavy (non-hydrogen) atoms. The van der Waals surface area contributed by atoms with Crippen molar-refractivity contribution in [3.05, 3.63) is 63.8 Å². The van der Waals surface area contributed by atoms with Crippen molar-refractivity contribution in [1.82, 2.24) is 9.55 Å². The zero-order chi connectivity index (χ0) is 13.1. The van der Waals surface area contributed by atoms with Crippen molar-refractivity contribution >= 4 is 17.2 Å². The normalized spacial score (nSPS) is 10.3. The van der Waals surface area contributed by atoms with Crippen LogP contribution in [0.4, 0.5) is 0 Å². The van der Waals surface area contributed by atoms with E-state index in [-0.39, 0.29) is 5.56 Å². The van der Waals surface area contributed by atoms with Crippen LogP contribution in [0.25, 0.3) is 0 Å². The topological polar surface area (TPSA) is 60.9 Å². The minimum atomic E-state index is -0.0665. The Bertz CT molecular complexity index is 649. The zero-order valence-corrected chi connectivity index (χ0v) is 10.8. The van der Waals surface area contributed by atoms with Crippen molar-refractivity contribution < 1.29 is 0 Å². The van der Waals surface area contributed by atoms with Crippen molar-refractivity contribution in [2.45, 2.75) is 13.5 Å². The van der Waals surface area contributed by atoms with Crippen molar-refractivity contribution in [2.75, 3.05) is 0 Å². The lowest BCUT2D eigenvalue weighted by atomic mass is 10.1. The third-order valence-corrected chi connectivity index (χ3v) is 2.82. The van der Waals surface area contributed by atoms with Crippen molar-refractivity contribution in [3.63, 3.8) is 0 Å². The lowest BCUT2D eigenvalue weighted by Crippen LogP contribution is -2.20. The van der Waals surface area contributed by atoms with Gasteiger partial charge in [0.25, 0.3) is 5.56 Å². The van der Waals surface area contributed by atoms with E-state index in [1.54, 1.807) is 17.8 Å². The summed E-state index contributed by atoms with van der Waals surface area (Å²) in [6.45, 7) is 2.25. The van der Waals surface area contributed by atoms with Gasteiger partial charge in [-0.3, -0.25) is 9.36 Å². The number of rotatable bonds is 3. The third kappa shape index (κ3) is 2.81. The maximum absolute atomic E-state index is 11.7. The van der Waals surface area contributed by atoms with Crippen LogP contribution in [0.2, 0.25) is 0 Å². The van der Waals surface area contributed by atoms with Crippen molar-refractivity contribution in [3.8, 4) is 0 Å². The van der Waals surface area contributed by atoms with Crippen LogP contribution in [0.15, 0.2) is 41.5 Å². The second kappa shape index (κ2) is 5.10. The molecule has 0 bridgehead atoms. The molecule has 0 aliphatic carbocycles. The Labute approximate surface area is 110 Å². The van der Waals surface area contributed by atoms with Gasteiger partial charge in [0, 0.05) is 17.3 Å². The van der Waals surface area contributed by atoms with Crippen LogP contribution in [-0.2, 0) is 6.54 Å². The molecule has 0 spiro atoms. The lowest BCUT2D eigenvalue weighted by molar-refractivity contribution is 0.730. The monoisotopic (exact) mass is 259 g/mol. The van der Waals surface area contributed by atoms with Crippen LogP contribution in [0, 0.1) is 6.92 Å². The minimum absolute atomic E-state index is 0.0665. The highest BCUT2D eigenvalue weighted by atomic mass is 32.1. The molecule has 1 heterocycles. The number of thiocarbonyl (C=S) groups is 1. The molecule has 92 valence electrons. The molecule has 4 nitrogen and oxygen atoms in total. The van der Waals surface area contributed by atoms with E-state index in [2.05, 4.69) is 4.98 Å². The largest absolute Gasteiger partial charge is 0.389 e. The van der Waals surface area contributed by atoms with Crippen LogP contribution < -0.4 is 11.3 Å². The quantitative estimate of drug-likeness (QED) is 0.842. The number of aryl methyl sites for hydroxylation is 1. The molecule has 0 saturated heterocycles. The summed E-state index contributed by atoms with van der Waals surface area (Å²) < 4.78 is 1.55. The molecule has 0 aliphatic rings. The van der Waals surface area contributed by atoms with E-state index in [4.69, 9.17) is 18.0 Å². The number of nitrogens with two attached hydrogens (primary N) is 1. The minimum Gasteiger partial charge on any atom is -0.389 e. The average molecular weight is 259 g/mol. The molecule has 2 rings (SSSR count). The van der Waals surface area contributed by atoms with Crippen molar-refractivity contribution in [2.24, 2.45) is 5.73 Å². The van der Waals surface area contributed by atoms with Crippen LogP contribution in [0.3, 0.4) is 0 Å². The first kappa shape index (κ1) is 12.4. The molecule has 2 aromatic rings. The molecule has 1 aromatic carbocycles. The number of hydrogen-bond donors (Lipinski definition) is 1. The van der Waals surface area contributed by atoms with E-state index in [0.717, 1.165) is 11.1 Å². The summed E-state index contributed by atoms with van der Waals surface area (Å²) in [5.74, 6) is 0. The molecule has 0 aliphatic heterocycles. The van der Waals surface area contributed by atoms with E-state index in [9.17, 15) is 4.79 Å². The van der Waals surface area contributed by atoms with Gasteiger partial charge in [0.2, 0.25) is 0 Å². The lowest BCUT2D eigenvalue weighted by Gasteiger charge is -2.07. The predicted octanol–water partition coefficient (Wildman–Crippen LogP) is 1.23. The molecule has 0 fully saturated rings. The SMILES string of the molecule is Cc1cc(=O)n(Cc2cccc(C(N)=S)c2)cn1. The van der Waals surface area contributed by atoms with E-state index in [1.807, 2.05) is 24.3 Å². The molecular formula is C13H13N3OS. The second-order valence-electron chi connectivity index (χ2n) is 4.06. The summed E-state index contributed by atoms with van der Waals surface area (Å²) in [4.78, 5) is 16.2. The van der Waals surface area contributed by atoms with Gasteiger partial charge < -0.3 is 5.73 Å². The molecule has 0 atom stereocenters. The van der Waals surface area contributed by atoms with Crippen LogP contribution in [0.1, 0.15) is 16.8 Å². The van der Waals surface area contributed by atoms with E-state index in [0.29, 0.717) is 17.2 Å². The highest BCUT2D eigenvalue weighted by Crippen LogP contribution is 2.06. The fourth-order valence-electron chi connectivity index (χ4n) is 1.65. The Kier molecular flexibility index (Phi) is 3.53. The first-order chi connectivity index (χ1) is 8.56. The molecule has 0 radical (unpaired) electrons. The highest BCUT2D eigenvalue weighted by molar-refractivity contribution is 7.80. The molecule has 5 heteroatoms. The van der Waals surface area contributed by atoms with Gasteiger partial charge in [0.15, 0.2) is 0 Å². The summed E-state index contributed by atoms with van der Waals surface area (Å²) in [5, 5.41) is 0. The summed E-state index contributed by atoms with van der Waals surface area (Å²) in [6, 6.07) is 9.04.